The molecule has 0 aliphatic carbocycles. The molecular weight excluding hydrogens is 282 g/mol. The van der Waals surface area contributed by atoms with E-state index in [4.69, 9.17) is 9.16 Å². The van der Waals surface area contributed by atoms with E-state index in [1.807, 2.05) is 6.20 Å². The normalized spacial score (nSPS) is 17.1. The van der Waals surface area contributed by atoms with Crippen molar-refractivity contribution in [3.05, 3.63) is 24.4 Å². The number of hydrogen-bond acceptors (Lipinski definition) is 3. The Morgan fingerprint density at radius 3 is 2.62 bits per heavy atom. The van der Waals surface area contributed by atoms with Crippen molar-refractivity contribution < 1.29 is 14.0 Å². The summed E-state index contributed by atoms with van der Waals surface area (Å²) in [7, 11) is -1.66. The van der Waals surface area contributed by atoms with Crippen molar-refractivity contribution in [1.82, 2.24) is 4.90 Å². The first-order chi connectivity index (χ1) is 9.67. The summed E-state index contributed by atoms with van der Waals surface area (Å²) >= 11 is 0. The topological polar surface area (TPSA) is 38.8 Å². The fraction of sp³-hybridized carbons (Fsp3) is 0.688. The number of hydrogen-bond donors (Lipinski definition) is 0. The minimum Gasteiger partial charge on any atom is -0.447 e. The molecule has 1 fully saturated rings. The van der Waals surface area contributed by atoms with Gasteiger partial charge in [-0.2, -0.15) is 0 Å². The van der Waals surface area contributed by atoms with Crippen molar-refractivity contribution in [2.45, 2.75) is 51.7 Å². The van der Waals surface area contributed by atoms with Crippen LogP contribution in [0.1, 0.15) is 33.6 Å². The van der Waals surface area contributed by atoms with Crippen molar-refractivity contribution in [3.8, 4) is 0 Å². The van der Waals surface area contributed by atoms with Gasteiger partial charge in [0.1, 0.15) is 6.61 Å². The molecule has 0 N–H and O–H groups in total. The summed E-state index contributed by atoms with van der Waals surface area (Å²) in [6, 6.07) is 0. The van der Waals surface area contributed by atoms with Gasteiger partial charge in [0.15, 0.2) is 8.32 Å². The van der Waals surface area contributed by atoms with Crippen LogP contribution in [0.2, 0.25) is 18.1 Å². The minimum absolute atomic E-state index is 0.239. The van der Waals surface area contributed by atoms with Gasteiger partial charge in [0.05, 0.1) is 6.54 Å². The minimum atomic E-state index is -1.66. The molecule has 0 spiro atoms. The molecule has 5 heteroatoms. The molecule has 4 nitrogen and oxygen atoms in total. The van der Waals surface area contributed by atoms with Crippen LogP contribution in [0.5, 0.6) is 0 Å². The fourth-order valence-corrected chi connectivity index (χ4v) is 2.85. The number of allylic oxidation sites excluding steroid dienone is 2. The summed E-state index contributed by atoms with van der Waals surface area (Å²) in [5, 5.41) is 0.239. The highest BCUT2D eigenvalue weighted by molar-refractivity contribution is 6.74. The Labute approximate surface area is 129 Å². The molecule has 0 unspecified atom stereocenters. The van der Waals surface area contributed by atoms with E-state index in [0.717, 1.165) is 25.0 Å². The molecule has 0 atom stereocenters. The summed E-state index contributed by atoms with van der Waals surface area (Å²) in [6.07, 6.45) is 5.17. The van der Waals surface area contributed by atoms with E-state index < -0.39 is 8.32 Å². The second-order valence-corrected chi connectivity index (χ2v) is 11.7. The van der Waals surface area contributed by atoms with Gasteiger partial charge in [-0.15, -0.1) is 0 Å². The predicted octanol–water partition coefficient (Wildman–Crippen LogP) is 4.31. The summed E-state index contributed by atoms with van der Waals surface area (Å²) < 4.78 is 11.1. The molecule has 120 valence electrons. The maximum absolute atomic E-state index is 11.4. The molecule has 0 radical (unpaired) electrons. The van der Waals surface area contributed by atoms with Crippen LogP contribution < -0.4 is 0 Å². The van der Waals surface area contributed by atoms with Crippen molar-refractivity contribution in [2.24, 2.45) is 0 Å². The van der Waals surface area contributed by atoms with Crippen LogP contribution in [0.3, 0.4) is 0 Å². The SMILES string of the molecule is C=C/C(=C/N1CCOC1=O)CCCO[Si](C)(C)C(C)(C)C. The third-order valence-corrected chi connectivity index (χ3v) is 8.79. The van der Waals surface area contributed by atoms with Gasteiger partial charge in [-0.3, -0.25) is 4.90 Å². The van der Waals surface area contributed by atoms with Gasteiger partial charge in [-0.25, -0.2) is 4.79 Å². The highest BCUT2D eigenvalue weighted by Gasteiger charge is 2.36. The summed E-state index contributed by atoms with van der Waals surface area (Å²) in [6.45, 7) is 16.9. The molecule has 0 aromatic carbocycles. The number of nitrogens with zero attached hydrogens (tertiary/aromatic N) is 1. The quantitative estimate of drug-likeness (QED) is 0.399. The van der Waals surface area contributed by atoms with E-state index in [-0.39, 0.29) is 11.1 Å². The fourth-order valence-electron chi connectivity index (χ4n) is 1.76. The molecule has 0 aromatic heterocycles. The lowest BCUT2D eigenvalue weighted by atomic mass is 10.1. The van der Waals surface area contributed by atoms with Crippen LogP contribution in [0.4, 0.5) is 4.79 Å². The molecule has 1 rings (SSSR count). The molecule has 1 heterocycles. The highest BCUT2D eigenvalue weighted by atomic mass is 28.4. The van der Waals surface area contributed by atoms with E-state index >= 15 is 0 Å². The molecule has 1 aliphatic rings. The maximum atomic E-state index is 11.4. The Kier molecular flexibility index (Phi) is 6.22. The third kappa shape index (κ3) is 5.32. The number of carbonyl (C=O) groups is 1. The van der Waals surface area contributed by atoms with Gasteiger partial charge in [0, 0.05) is 12.8 Å². The molecule has 0 aromatic rings. The van der Waals surface area contributed by atoms with Crippen LogP contribution in [0.25, 0.3) is 0 Å². The van der Waals surface area contributed by atoms with E-state index in [1.54, 1.807) is 11.0 Å². The first-order valence-corrected chi connectivity index (χ1v) is 10.5. The smallest absolute Gasteiger partial charge is 0.413 e. The Morgan fingerprint density at radius 2 is 2.14 bits per heavy atom. The van der Waals surface area contributed by atoms with Crippen LogP contribution in [-0.2, 0) is 9.16 Å². The zero-order chi connectivity index (χ0) is 16.1. The molecule has 0 bridgehead atoms. The van der Waals surface area contributed by atoms with Crippen molar-refractivity contribution in [2.75, 3.05) is 19.8 Å². The lowest BCUT2D eigenvalue weighted by Gasteiger charge is -2.36. The Hall–Kier alpha value is -1.07. The van der Waals surface area contributed by atoms with E-state index in [9.17, 15) is 4.79 Å². The predicted molar refractivity (Wildman–Crippen MR) is 88.7 cm³/mol. The molecule has 21 heavy (non-hydrogen) atoms. The van der Waals surface area contributed by atoms with Crippen molar-refractivity contribution in [3.63, 3.8) is 0 Å². The Balaban J connectivity index is 2.41. The number of carbonyl (C=O) groups excluding carboxylic acids is 1. The average Bonchev–Trinajstić information content (AvgIpc) is 2.77. The second-order valence-electron chi connectivity index (χ2n) is 6.93. The number of rotatable bonds is 7. The van der Waals surface area contributed by atoms with E-state index in [1.165, 1.54) is 0 Å². The van der Waals surface area contributed by atoms with Crippen LogP contribution in [0, 0.1) is 0 Å². The van der Waals surface area contributed by atoms with Crippen LogP contribution >= 0.6 is 0 Å². The Bertz CT molecular complexity index is 410. The summed E-state index contributed by atoms with van der Waals surface area (Å²) in [4.78, 5) is 13.0. The van der Waals surface area contributed by atoms with Crippen molar-refractivity contribution in [1.29, 1.82) is 0 Å². The lowest BCUT2D eigenvalue weighted by molar-refractivity contribution is 0.166. The van der Waals surface area contributed by atoms with E-state index in [2.05, 4.69) is 40.4 Å². The zero-order valence-electron chi connectivity index (χ0n) is 14.1. The van der Waals surface area contributed by atoms with Crippen LogP contribution in [-0.4, -0.2) is 39.1 Å². The Morgan fingerprint density at radius 1 is 1.48 bits per heavy atom. The summed E-state index contributed by atoms with van der Waals surface area (Å²) in [5.41, 5.74) is 1.05. The molecular formula is C16H29NO3Si. The van der Waals surface area contributed by atoms with Gasteiger partial charge < -0.3 is 9.16 Å². The second kappa shape index (κ2) is 7.27. The third-order valence-electron chi connectivity index (χ3n) is 4.25. The zero-order valence-corrected chi connectivity index (χ0v) is 15.1. The molecule has 0 saturated carbocycles. The maximum Gasteiger partial charge on any atom is 0.413 e. The van der Waals surface area contributed by atoms with Gasteiger partial charge in [-0.1, -0.05) is 33.4 Å². The standard InChI is InChI=1S/C16H29NO3Si/c1-7-14(13-17-10-12-19-15(17)18)9-8-11-20-21(5,6)16(2,3)4/h7,13H,1,8-12H2,2-6H3/b14-13-. The van der Waals surface area contributed by atoms with Gasteiger partial charge in [0.25, 0.3) is 0 Å². The van der Waals surface area contributed by atoms with Crippen molar-refractivity contribution >= 4 is 14.4 Å². The highest BCUT2D eigenvalue weighted by Crippen LogP contribution is 2.36. The molecule has 1 saturated heterocycles. The molecule has 1 aliphatic heterocycles. The lowest BCUT2D eigenvalue weighted by Crippen LogP contribution is -2.40. The largest absolute Gasteiger partial charge is 0.447 e. The van der Waals surface area contributed by atoms with E-state index in [0.29, 0.717) is 13.2 Å². The van der Waals surface area contributed by atoms with Crippen LogP contribution in [0.15, 0.2) is 24.4 Å². The van der Waals surface area contributed by atoms with Gasteiger partial charge in [0.2, 0.25) is 0 Å². The monoisotopic (exact) mass is 311 g/mol. The molecule has 1 amide bonds. The number of amides is 1. The number of cyclic esters (lactones) is 1. The first-order valence-electron chi connectivity index (χ1n) is 7.58. The number of ether oxygens (including phenoxy) is 1. The summed E-state index contributed by atoms with van der Waals surface area (Å²) in [5.74, 6) is 0. The van der Waals surface area contributed by atoms with Gasteiger partial charge in [-0.05, 0) is 36.5 Å². The first kappa shape index (κ1) is 18.0. The average molecular weight is 311 g/mol. The van der Waals surface area contributed by atoms with Gasteiger partial charge >= 0.3 is 6.09 Å².